The minimum atomic E-state index is -1.14. The second kappa shape index (κ2) is 6.59. The van der Waals surface area contributed by atoms with Crippen LogP contribution in [0.2, 0.25) is 5.02 Å². The molecule has 3 rings (SSSR count). The van der Waals surface area contributed by atoms with Crippen LogP contribution in [0.4, 0.5) is 5.82 Å². The quantitative estimate of drug-likeness (QED) is 0.745. The standard InChI is InChI=1S/C17H18ClN5O/c1-12-20-7-8-23(12)16-10-19-9-15(22-16)21-11-17(2,24)13-5-3-4-6-14(13)18/h3-10,24H,11H2,1-2H3,(H,21,22). The molecule has 1 atom stereocenters. The fraction of sp³-hybridized carbons (Fsp3) is 0.235. The first-order valence-corrected chi connectivity index (χ1v) is 7.89. The molecule has 0 saturated heterocycles. The number of aromatic nitrogens is 4. The molecule has 0 radical (unpaired) electrons. The zero-order valence-corrected chi connectivity index (χ0v) is 14.2. The van der Waals surface area contributed by atoms with Crippen molar-refractivity contribution in [2.75, 3.05) is 11.9 Å². The van der Waals surface area contributed by atoms with Gasteiger partial charge in [0, 0.05) is 29.5 Å². The summed E-state index contributed by atoms with van der Waals surface area (Å²) in [6.07, 6.45) is 6.80. The molecular weight excluding hydrogens is 326 g/mol. The zero-order valence-electron chi connectivity index (χ0n) is 13.4. The van der Waals surface area contributed by atoms with Gasteiger partial charge in [-0.3, -0.25) is 9.55 Å². The Labute approximate surface area is 145 Å². The summed E-state index contributed by atoms with van der Waals surface area (Å²) >= 11 is 6.17. The van der Waals surface area contributed by atoms with E-state index >= 15 is 0 Å². The summed E-state index contributed by atoms with van der Waals surface area (Å²) in [5.74, 6) is 2.05. The summed E-state index contributed by atoms with van der Waals surface area (Å²) in [5, 5.41) is 14.4. The van der Waals surface area contributed by atoms with E-state index < -0.39 is 5.60 Å². The van der Waals surface area contributed by atoms with Crippen LogP contribution in [0.5, 0.6) is 0 Å². The maximum Gasteiger partial charge on any atom is 0.159 e. The lowest BCUT2D eigenvalue weighted by molar-refractivity contribution is 0.0715. The van der Waals surface area contributed by atoms with Gasteiger partial charge in [-0.1, -0.05) is 29.8 Å². The normalized spacial score (nSPS) is 13.5. The second-order valence-corrected chi connectivity index (χ2v) is 6.12. The molecule has 0 fully saturated rings. The van der Waals surface area contributed by atoms with Crippen molar-refractivity contribution in [3.8, 4) is 5.82 Å². The number of hydrogen-bond donors (Lipinski definition) is 2. The summed E-state index contributed by atoms with van der Waals surface area (Å²) in [5.41, 5.74) is -0.477. The third kappa shape index (κ3) is 3.39. The van der Waals surface area contributed by atoms with Gasteiger partial charge in [-0.05, 0) is 19.9 Å². The molecule has 24 heavy (non-hydrogen) atoms. The molecule has 2 heterocycles. The number of anilines is 1. The van der Waals surface area contributed by atoms with Crippen molar-refractivity contribution in [2.24, 2.45) is 0 Å². The highest BCUT2D eigenvalue weighted by Crippen LogP contribution is 2.28. The summed E-state index contributed by atoms with van der Waals surface area (Å²) in [4.78, 5) is 12.9. The van der Waals surface area contributed by atoms with Crippen LogP contribution in [0.15, 0.2) is 49.1 Å². The van der Waals surface area contributed by atoms with Crippen LogP contribution in [0.1, 0.15) is 18.3 Å². The van der Waals surface area contributed by atoms with Crippen LogP contribution < -0.4 is 5.32 Å². The minimum absolute atomic E-state index is 0.248. The Bertz CT molecular complexity index is 846. The molecule has 0 aliphatic carbocycles. The Balaban J connectivity index is 1.78. The average molecular weight is 344 g/mol. The summed E-state index contributed by atoms with van der Waals surface area (Å²) in [6, 6.07) is 7.24. The second-order valence-electron chi connectivity index (χ2n) is 5.71. The molecule has 0 aliphatic rings. The summed E-state index contributed by atoms with van der Waals surface area (Å²) in [6.45, 7) is 3.85. The fourth-order valence-electron chi connectivity index (χ4n) is 2.43. The lowest BCUT2D eigenvalue weighted by Crippen LogP contribution is -2.31. The first-order valence-electron chi connectivity index (χ1n) is 7.51. The fourth-order valence-corrected chi connectivity index (χ4v) is 2.77. The number of benzene rings is 1. The highest BCUT2D eigenvalue weighted by atomic mass is 35.5. The highest BCUT2D eigenvalue weighted by molar-refractivity contribution is 6.31. The molecule has 0 spiro atoms. The van der Waals surface area contributed by atoms with Crippen molar-refractivity contribution < 1.29 is 5.11 Å². The number of nitrogens with one attached hydrogen (secondary N) is 1. The first-order chi connectivity index (χ1) is 11.5. The Kier molecular flexibility index (Phi) is 4.51. The number of hydrogen-bond acceptors (Lipinski definition) is 5. The average Bonchev–Trinajstić information content (AvgIpc) is 3.00. The lowest BCUT2D eigenvalue weighted by atomic mass is 9.96. The number of aryl methyl sites for hydroxylation is 1. The van der Waals surface area contributed by atoms with Crippen LogP contribution in [0, 0.1) is 6.92 Å². The smallest absolute Gasteiger partial charge is 0.159 e. The SMILES string of the molecule is Cc1nccn1-c1cncc(NCC(C)(O)c2ccccc2Cl)n1. The highest BCUT2D eigenvalue weighted by Gasteiger charge is 2.25. The minimum Gasteiger partial charge on any atom is -0.384 e. The molecular formula is C17H18ClN5O. The van der Waals surface area contributed by atoms with E-state index in [0.29, 0.717) is 22.2 Å². The van der Waals surface area contributed by atoms with Gasteiger partial charge in [0.05, 0.1) is 12.4 Å². The van der Waals surface area contributed by atoms with Crippen molar-refractivity contribution in [2.45, 2.75) is 19.4 Å². The number of rotatable bonds is 5. The summed E-state index contributed by atoms with van der Waals surface area (Å²) in [7, 11) is 0. The van der Waals surface area contributed by atoms with Gasteiger partial charge < -0.3 is 10.4 Å². The van der Waals surface area contributed by atoms with Crippen LogP contribution in [-0.2, 0) is 5.60 Å². The Morgan fingerprint density at radius 2 is 2.08 bits per heavy atom. The van der Waals surface area contributed by atoms with Gasteiger partial charge in [0.15, 0.2) is 5.82 Å². The summed E-state index contributed by atoms with van der Waals surface area (Å²) < 4.78 is 1.84. The van der Waals surface area contributed by atoms with Crippen LogP contribution in [-0.4, -0.2) is 31.2 Å². The van der Waals surface area contributed by atoms with E-state index in [-0.39, 0.29) is 6.54 Å². The number of aliphatic hydroxyl groups is 1. The van der Waals surface area contributed by atoms with Crippen molar-refractivity contribution in [1.82, 2.24) is 19.5 Å². The van der Waals surface area contributed by atoms with Gasteiger partial charge in [0.1, 0.15) is 17.2 Å². The van der Waals surface area contributed by atoms with Crippen molar-refractivity contribution in [3.63, 3.8) is 0 Å². The third-order valence-electron chi connectivity index (χ3n) is 3.76. The molecule has 0 aliphatic heterocycles. The van der Waals surface area contributed by atoms with Gasteiger partial charge in [-0.25, -0.2) is 9.97 Å². The van der Waals surface area contributed by atoms with E-state index in [1.165, 1.54) is 0 Å². The first kappa shape index (κ1) is 16.4. The van der Waals surface area contributed by atoms with Gasteiger partial charge in [0.2, 0.25) is 0 Å². The monoisotopic (exact) mass is 343 g/mol. The van der Waals surface area contributed by atoms with Crippen molar-refractivity contribution in [1.29, 1.82) is 0 Å². The molecule has 6 nitrogen and oxygen atoms in total. The maximum absolute atomic E-state index is 10.7. The molecule has 7 heteroatoms. The molecule has 0 saturated carbocycles. The number of halogens is 1. The number of nitrogens with zero attached hydrogens (tertiary/aromatic N) is 4. The molecule has 0 amide bonds. The Morgan fingerprint density at radius 3 is 2.79 bits per heavy atom. The predicted octanol–water partition coefficient (Wildman–Crippen LogP) is 2.94. The van der Waals surface area contributed by atoms with Gasteiger partial charge in [-0.15, -0.1) is 0 Å². The third-order valence-corrected chi connectivity index (χ3v) is 4.09. The topological polar surface area (TPSA) is 75.9 Å². The van der Waals surface area contributed by atoms with Crippen molar-refractivity contribution >= 4 is 17.4 Å². The Morgan fingerprint density at radius 1 is 1.29 bits per heavy atom. The van der Waals surface area contributed by atoms with E-state index in [0.717, 1.165) is 5.82 Å². The van der Waals surface area contributed by atoms with E-state index in [4.69, 9.17) is 11.6 Å². The molecule has 2 aromatic heterocycles. The van der Waals surface area contributed by atoms with Gasteiger partial charge in [-0.2, -0.15) is 0 Å². The molecule has 2 N–H and O–H groups in total. The molecule has 1 unspecified atom stereocenters. The van der Waals surface area contributed by atoms with E-state index in [9.17, 15) is 5.11 Å². The van der Waals surface area contributed by atoms with E-state index in [2.05, 4.69) is 20.3 Å². The van der Waals surface area contributed by atoms with Gasteiger partial charge in [0.25, 0.3) is 0 Å². The predicted molar refractivity (Wildman–Crippen MR) is 93.4 cm³/mol. The molecule has 0 bridgehead atoms. The lowest BCUT2D eigenvalue weighted by Gasteiger charge is -2.25. The van der Waals surface area contributed by atoms with Crippen molar-refractivity contribution in [3.05, 3.63) is 65.5 Å². The zero-order chi connectivity index (χ0) is 17.2. The largest absolute Gasteiger partial charge is 0.384 e. The Hall–Kier alpha value is -2.44. The molecule has 124 valence electrons. The van der Waals surface area contributed by atoms with E-state index in [1.807, 2.05) is 29.8 Å². The molecule has 3 aromatic rings. The van der Waals surface area contributed by atoms with Crippen LogP contribution in [0.25, 0.3) is 5.82 Å². The number of imidazole rings is 1. The maximum atomic E-state index is 10.7. The van der Waals surface area contributed by atoms with Crippen LogP contribution in [0.3, 0.4) is 0 Å². The molecule has 1 aromatic carbocycles. The van der Waals surface area contributed by atoms with Gasteiger partial charge >= 0.3 is 0 Å². The van der Waals surface area contributed by atoms with E-state index in [1.54, 1.807) is 37.6 Å². The van der Waals surface area contributed by atoms with Crippen LogP contribution >= 0.6 is 11.6 Å².